The lowest BCUT2D eigenvalue weighted by molar-refractivity contribution is 0.0451. The predicted octanol–water partition coefficient (Wildman–Crippen LogP) is 6.51. The summed E-state index contributed by atoms with van der Waals surface area (Å²) >= 11 is 9.74. The highest BCUT2D eigenvalue weighted by Crippen LogP contribution is 2.27. The summed E-state index contributed by atoms with van der Waals surface area (Å²) in [5, 5.41) is 3.82. The van der Waals surface area contributed by atoms with Gasteiger partial charge in [-0.05, 0) is 64.7 Å². The molecule has 1 aromatic carbocycles. The second-order valence-electron chi connectivity index (χ2n) is 7.53. The first-order chi connectivity index (χ1) is 11.0. The Balaban J connectivity index is 2.77. The third-order valence-corrected chi connectivity index (χ3v) is 4.69. The van der Waals surface area contributed by atoms with Gasteiger partial charge in [0.15, 0.2) is 0 Å². The van der Waals surface area contributed by atoms with Crippen LogP contribution < -0.4 is 5.32 Å². The van der Waals surface area contributed by atoms with Gasteiger partial charge in [0, 0.05) is 15.0 Å². The number of unbranched alkanes of at least 4 members (excludes halogenated alkanes) is 1. The van der Waals surface area contributed by atoms with Crippen molar-refractivity contribution in [1.29, 1.82) is 0 Å². The van der Waals surface area contributed by atoms with E-state index < -0.39 is 5.60 Å². The molecule has 136 valence electrons. The molecule has 1 rings (SSSR count). The van der Waals surface area contributed by atoms with Crippen molar-refractivity contribution in [3.8, 4) is 0 Å². The van der Waals surface area contributed by atoms with E-state index in [4.69, 9.17) is 16.3 Å². The molecule has 0 heterocycles. The first-order valence-electron chi connectivity index (χ1n) is 8.50. The second kappa shape index (κ2) is 9.10. The average molecular weight is 419 g/mol. The van der Waals surface area contributed by atoms with Crippen LogP contribution in [0.2, 0.25) is 5.02 Å². The number of nitrogens with one attached hydrogen (secondary N) is 1. The number of carbonyl (C=O) groups excluding carboxylic acids is 1. The van der Waals surface area contributed by atoms with E-state index in [0.717, 1.165) is 47.2 Å². The van der Waals surface area contributed by atoms with Crippen molar-refractivity contribution in [2.24, 2.45) is 0 Å². The van der Waals surface area contributed by atoms with Gasteiger partial charge in [-0.25, -0.2) is 4.79 Å². The van der Waals surface area contributed by atoms with Crippen LogP contribution in [0.5, 0.6) is 0 Å². The van der Waals surface area contributed by atoms with Gasteiger partial charge in [-0.15, -0.1) is 0 Å². The zero-order chi connectivity index (χ0) is 18.4. The number of hydrogen-bond acceptors (Lipinski definition) is 2. The molecule has 1 amide bonds. The Hall–Kier alpha value is -0.740. The first-order valence-corrected chi connectivity index (χ1v) is 9.67. The van der Waals surface area contributed by atoms with Gasteiger partial charge in [-0.3, -0.25) is 0 Å². The highest BCUT2D eigenvalue weighted by atomic mass is 79.9. The molecule has 0 fully saturated rings. The minimum Gasteiger partial charge on any atom is -0.444 e. The Labute approximate surface area is 159 Å². The van der Waals surface area contributed by atoms with Gasteiger partial charge in [0.1, 0.15) is 5.60 Å². The molecule has 0 aliphatic carbocycles. The molecule has 1 atom stereocenters. The number of carbonyl (C=O) groups is 1. The Bertz CT molecular complexity index is 557. The molecule has 0 saturated heterocycles. The molecule has 0 radical (unpaired) electrons. The van der Waals surface area contributed by atoms with Crippen molar-refractivity contribution in [3.63, 3.8) is 0 Å². The molecule has 0 saturated carbocycles. The van der Waals surface area contributed by atoms with E-state index in [1.165, 1.54) is 0 Å². The van der Waals surface area contributed by atoms with E-state index in [2.05, 4.69) is 35.1 Å². The van der Waals surface area contributed by atoms with Crippen molar-refractivity contribution in [3.05, 3.63) is 33.3 Å². The lowest BCUT2D eigenvalue weighted by Crippen LogP contribution is -2.48. The van der Waals surface area contributed by atoms with Crippen LogP contribution in [-0.4, -0.2) is 17.2 Å². The molecule has 3 nitrogen and oxygen atoms in total. The zero-order valence-corrected chi connectivity index (χ0v) is 17.7. The van der Waals surface area contributed by atoms with Crippen LogP contribution in [0.25, 0.3) is 0 Å². The normalized spacial score (nSPS) is 14.1. The van der Waals surface area contributed by atoms with Gasteiger partial charge in [0.25, 0.3) is 0 Å². The SMILES string of the molecule is CCCC[C@@](C)(CCc1ccc(Br)cc1Cl)NC(=O)OC(C)(C)C. The van der Waals surface area contributed by atoms with E-state index in [1.807, 2.05) is 39.0 Å². The summed E-state index contributed by atoms with van der Waals surface area (Å²) in [6.45, 7) is 9.85. The number of alkyl carbamates (subject to hydrolysis) is 1. The van der Waals surface area contributed by atoms with Gasteiger partial charge < -0.3 is 10.1 Å². The maximum absolute atomic E-state index is 12.2. The number of benzene rings is 1. The van der Waals surface area contributed by atoms with Crippen LogP contribution in [0.1, 0.15) is 65.9 Å². The number of amides is 1. The van der Waals surface area contributed by atoms with Crippen molar-refractivity contribution in [2.45, 2.75) is 77.9 Å². The highest BCUT2D eigenvalue weighted by molar-refractivity contribution is 9.10. The summed E-state index contributed by atoms with van der Waals surface area (Å²) in [6.07, 6.45) is 4.32. The Morgan fingerprint density at radius 2 is 1.92 bits per heavy atom. The lowest BCUT2D eigenvalue weighted by Gasteiger charge is -2.32. The van der Waals surface area contributed by atoms with Crippen LogP contribution in [0.15, 0.2) is 22.7 Å². The fourth-order valence-corrected chi connectivity index (χ4v) is 3.27. The molecule has 1 aromatic rings. The highest BCUT2D eigenvalue weighted by Gasteiger charge is 2.28. The molecule has 0 bridgehead atoms. The zero-order valence-electron chi connectivity index (χ0n) is 15.3. The predicted molar refractivity (Wildman–Crippen MR) is 105 cm³/mol. The number of hydrogen-bond donors (Lipinski definition) is 1. The first kappa shape index (κ1) is 21.3. The molecule has 0 aromatic heterocycles. The van der Waals surface area contributed by atoms with Gasteiger partial charge in [0.05, 0.1) is 0 Å². The average Bonchev–Trinajstić information content (AvgIpc) is 2.42. The smallest absolute Gasteiger partial charge is 0.408 e. The summed E-state index contributed by atoms with van der Waals surface area (Å²) in [6, 6.07) is 5.92. The van der Waals surface area contributed by atoms with Crippen molar-refractivity contribution in [1.82, 2.24) is 5.32 Å². The Morgan fingerprint density at radius 1 is 1.25 bits per heavy atom. The summed E-state index contributed by atoms with van der Waals surface area (Å²) in [7, 11) is 0. The molecule has 0 aliphatic rings. The van der Waals surface area contributed by atoms with Gasteiger partial charge in [-0.2, -0.15) is 0 Å². The number of aryl methyl sites for hydroxylation is 1. The Kier molecular flexibility index (Phi) is 8.07. The number of rotatable bonds is 7. The minimum atomic E-state index is -0.495. The quantitative estimate of drug-likeness (QED) is 0.548. The van der Waals surface area contributed by atoms with Crippen LogP contribution in [0, 0.1) is 0 Å². The summed E-state index contributed by atoms with van der Waals surface area (Å²) in [4.78, 5) is 12.2. The molecule has 5 heteroatoms. The maximum Gasteiger partial charge on any atom is 0.408 e. The number of halogens is 2. The summed E-state index contributed by atoms with van der Waals surface area (Å²) in [5.74, 6) is 0. The van der Waals surface area contributed by atoms with Crippen molar-refractivity contribution < 1.29 is 9.53 Å². The molecule has 1 N–H and O–H groups in total. The molecule has 0 spiro atoms. The molecular formula is C19H29BrClNO2. The number of ether oxygens (including phenoxy) is 1. The lowest BCUT2D eigenvalue weighted by atomic mass is 9.88. The fourth-order valence-electron chi connectivity index (χ4n) is 2.50. The minimum absolute atomic E-state index is 0.311. The van der Waals surface area contributed by atoms with Gasteiger partial charge in [-0.1, -0.05) is 53.4 Å². The molecule has 0 unspecified atom stereocenters. The molecular weight excluding hydrogens is 390 g/mol. The standard InChI is InChI=1S/C19H29BrClNO2/c1-6-7-11-19(5,22-17(23)24-18(2,3)4)12-10-14-8-9-15(20)13-16(14)21/h8-9,13H,6-7,10-12H2,1-5H3,(H,22,23)/t19-/m0/s1. The van der Waals surface area contributed by atoms with Crippen molar-refractivity contribution in [2.75, 3.05) is 0 Å². The van der Waals surface area contributed by atoms with E-state index in [1.54, 1.807) is 0 Å². The van der Waals surface area contributed by atoms with Crippen LogP contribution in [0.3, 0.4) is 0 Å². The van der Waals surface area contributed by atoms with Crippen LogP contribution in [0.4, 0.5) is 4.79 Å². The molecule has 24 heavy (non-hydrogen) atoms. The second-order valence-corrected chi connectivity index (χ2v) is 8.85. The van der Waals surface area contributed by atoms with E-state index in [0.29, 0.717) is 0 Å². The summed E-state index contributed by atoms with van der Waals surface area (Å²) in [5.41, 5.74) is 0.285. The van der Waals surface area contributed by atoms with Gasteiger partial charge in [0.2, 0.25) is 0 Å². The van der Waals surface area contributed by atoms with E-state index >= 15 is 0 Å². The van der Waals surface area contributed by atoms with Crippen molar-refractivity contribution >= 4 is 33.6 Å². The monoisotopic (exact) mass is 417 g/mol. The third kappa shape index (κ3) is 7.89. The van der Waals surface area contributed by atoms with Gasteiger partial charge >= 0.3 is 6.09 Å². The largest absolute Gasteiger partial charge is 0.444 e. The maximum atomic E-state index is 12.2. The Morgan fingerprint density at radius 3 is 2.46 bits per heavy atom. The van der Waals surface area contributed by atoms with E-state index in [9.17, 15) is 4.79 Å². The van der Waals surface area contributed by atoms with Crippen LogP contribution in [-0.2, 0) is 11.2 Å². The van der Waals surface area contributed by atoms with Crippen LogP contribution >= 0.6 is 27.5 Å². The molecule has 0 aliphatic heterocycles. The summed E-state index contributed by atoms with van der Waals surface area (Å²) < 4.78 is 6.39. The third-order valence-electron chi connectivity index (χ3n) is 3.85. The topological polar surface area (TPSA) is 38.3 Å². The fraction of sp³-hybridized carbons (Fsp3) is 0.632. The van der Waals surface area contributed by atoms with E-state index in [-0.39, 0.29) is 11.6 Å².